The molecule has 0 unspecified atom stereocenters. The van der Waals surface area contributed by atoms with E-state index in [4.69, 9.17) is 18.9 Å². The summed E-state index contributed by atoms with van der Waals surface area (Å²) >= 11 is 0. The summed E-state index contributed by atoms with van der Waals surface area (Å²) < 4.78 is 24.7. The van der Waals surface area contributed by atoms with E-state index in [9.17, 15) is 24.0 Å². The summed E-state index contributed by atoms with van der Waals surface area (Å²) in [5.41, 5.74) is 0.0659. The van der Waals surface area contributed by atoms with E-state index in [0.29, 0.717) is 5.56 Å². The molecule has 0 aliphatic carbocycles. The summed E-state index contributed by atoms with van der Waals surface area (Å²) in [5, 5.41) is 2.57. The van der Waals surface area contributed by atoms with Crippen molar-refractivity contribution in [3.05, 3.63) is 166 Å². The number of esters is 3. The second-order valence-electron chi connectivity index (χ2n) is 10.8. The SMILES string of the molecule is O=C(Nc1ccn([C@@H]2OC[C@H](OC(=O)c3ccccc3)[C@@H](OC(=O)c3ccccc3)[C@H]2OC(=O)c2ccccc2)c(=O)n1)c1ccccc1. The number of ether oxygens (including phenoxy) is 4. The van der Waals surface area contributed by atoms with Crippen molar-refractivity contribution in [2.45, 2.75) is 24.5 Å². The molecule has 5 aromatic rings. The summed E-state index contributed by atoms with van der Waals surface area (Å²) in [6.07, 6.45) is -4.33. The van der Waals surface area contributed by atoms with Crippen LogP contribution in [0.1, 0.15) is 47.7 Å². The highest BCUT2D eigenvalue weighted by atomic mass is 16.6. The molecule has 12 heteroatoms. The van der Waals surface area contributed by atoms with Crippen LogP contribution in [0.3, 0.4) is 0 Å². The number of nitrogens with one attached hydrogen (secondary N) is 1. The first-order chi connectivity index (χ1) is 23.9. The van der Waals surface area contributed by atoms with Crippen LogP contribution in [0.2, 0.25) is 0 Å². The van der Waals surface area contributed by atoms with Crippen molar-refractivity contribution in [2.75, 3.05) is 11.9 Å². The molecule has 1 fully saturated rings. The maximum Gasteiger partial charge on any atom is 0.351 e. The van der Waals surface area contributed by atoms with Crippen molar-refractivity contribution in [2.24, 2.45) is 0 Å². The minimum absolute atomic E-state index is 0.0366. The second kappa shape index (κ2) is 15.0. The van der Waals surface area contributed by atoms with Gasteiger partial charge >= 0.3 is 23.6 Å². The average Bonchev–Trinajstić information content (AvgIpc) is 3.14. The van der Waals surface area contributed by atoms with Gasteiger partial charge in [-0.2, -0.15) is 4.98 Å². The zero-order valence-electron chi connectivity index (χ0n) is 25.8. The van der Waals surface area contributed by atoms with Crippen molar-refractivity contribution in [3.8, 4) is 0 Å². The Balaban J connectivity index is 1.35. The number of hydrogen-bond acceptors (Lipinski definition) is 10. The summed E-state index contributed by atoms with van der Waals surface area (Å²) in [5.74, 6) is -2.87. The first-order valence-electron chi connectivity index (χ1n) is 15.2. The molecule has 0 bridgehead atoms. The van der Waals surface area contributed by atoms with Crippen LogP contribution in [0.15, 0.2) is 138 Å². The smallest absolute Gasteiger partial charge is 0.351 e. The number of nitrogens with zero attached hydrogens (tertiary/aromatic N) is 2. The van der Waals surface area contributed by atoms with E-state index >= 15 is 0 Å². The number of rotatable bonds is 9. The number of anilines is 1. The summed E-state index contributed by atoms with van der Waals surface area (Å²) in [7, 11) is 0. The lowest BCUT2D eigenvalue weighted by Crippen LogP contribution is -2.57. The third-order valence-electron chi connectivity index (χ3n) is 7.56. The number of aromatic nitrogens is 2. The van der Waals surface area contributed by atoms with E-state index in [0.717, 1.165) is 4.57 Å². The van der Waals surface area contributed by atoms with Crippen molar-refractivity contribution in [1.82, 2.24) is 9.55 Å². The van der Waals surface area contributed by atoms with Crippen molar-refractivity contribution in [3.63, 3.8) is 0 Å². The fraction of sp³-hybridized carbons (Fsp3) is 0.135. The van der Waals surface area contributed by atoms with Gasteiger partial charge in [0, 0.05) is 11.8 Å². The molecular formula is C37H29N3O9. The van der Waals surface area contributed by atoms with Crippen LogP contribution in [0.5, 0.6) is 0 Å². The number of carbonyl (C=O) groups is 4. The fourth-order valence-electron chi connectivity index (χ4n) is 5.13. The molecule has 6 rings (SSSR count). The van der Waals surface area contributed by atoms with Gasteiger partial charge in [-0.15, -0.1) is 0 Å². The van der Waals surface area contributed by atoms with Gasteiger partial charge in [0.25, 0.3) is 5.91 Å². The Kier molecular flexibility index (Phi) is 9.96. The molecule has 1 aromatic heterocycles. The molecule has 0 radical (unpaired) electrons. The molecule has 0 spiro atoms. The second-order valence-corrected chi connectivity index (χ2v) is 10.8. The fourth-order valence-corrected chi connectivity index (χ4v) is 5.13. The molecule has 1 aliphatic heterocycles. The average molecular weight is 660 g/mol. The molecule has 2 heterocycles. The normalized spacial score (nSPS) is 18.4. The quantitative estimate of drug-likeness (QED) is 0.174. The minimum atomic E-state index is -1.52. The van der Waals surface area contributed by atoms with Crippen LogP contribution < -0.4 is 11.0 Å². The van der Waals surface area contributed by atoms with E-state index in [1.165, 1.54) is 36.5 Å². The lowest BCUT2D eigenvalue weighted by Gasteiger charge is -2.41. The van der Waals surface area contributed by atoms with Gasteiger partial charge in [0.1, 0.15) is 5.82 Å². The molecule has 246 valence electrons. The molecule has 1 N–H and O–H groups in total. The molecular weight excluding hydrogens is 630 g/mol. The van der Waals surface area contributed by atoms with Gasteiger partial charge in [-0.3, -0.25) is 9.36 Å². The maximum absolute atomic E-state index is 13.5. The molecule has 49 heavy (non-hydrogen) atoms. The third kappa shape index (κ3) is 7.77. The van der Waals surface area contributed by atoms with Crippen molar-refractivity contribution < 1.29 is 38.1 Å². The molecule has 4 aromatic carbocycles. The standard InChI is InChI=1S/C37H29N3O9/c41-32(24-13-5-1-6-14-24)38-29-21-22-40(37(45)39-29)33-31(49-36(44)27-19-11-4-12-20-27)30(48-35(43)26-17-9-3-10-18-26)28(23-46-33)47-34(42)25-15-7-2-8-16-25/h1-22,28,30-31,33H,23H2,(H,38,39,41,45)/t28-,30+,31+,33+/m0/s1. The van der Waals surface area contributed by atoms with Crippen LogP contribution >= 0.6 is 0 Å². The topological polar surface area (TPSA) is 152 Å². The van der Waals surface area contributed by atoms with Crippen molar-refractivity contribution in [1.29, 1.82) is 0 Å². The van der Waals surface area contributed by atoms with Crippen molar-refractivity contribution >= 4 is 29.6 Å². The predicted octanol–water partition coefficient (Wildman–Crippen LogP) is 4.70. The Hall–Kier alpha value is -6.40. The van der Waals surface area contributed by atoms with Gasteiger partial charge in [0.05, 0.1) is 23.3 Å². The van der Waals surface area contributed by atoms with E-state index in [2.05, 4.69) is 10.3 Å². The molecule has 1 aliphatic rings. The highest BCUT2D eigenvalue weighted by Crippen LogP contribution is 2.32. The van der Waals surface area contributed by atoms with Crippen LogP contribution in [-0.2, 0) is 18.9 Å². The lowest BCUT2D eigenvalue weighted by molar-refractivity contribution is -0.213. The van der Waals surface area contributed by atoms with Gasteiger partial charge in [0.15, 0.2) is 24.5 Å². The molecule has 1 amide bonds. The largest absolute Gasteiger partial charge is 0.452 e. The van der Waals surface area contributed by atoms with Crippen LogP contribution in [-0.4, -0.2) is 58.3 Å². The van der Waals surface area contributed by atoms with Crippen LogP contribution in [0, 0.1) is 0 Å². The van der Waals surface area contributed by atoms with E-state index in [1.807, 2.05) is 0 Å². The maximum atomic E-state index is 13.5. The van der Waals surface area contributed by atoms with Gasteiger partial charge in [-0.25, -0.2) is 19.2 Å². The lowest BCUT2D eigenvalue weighted by atomic mass is 10.0. The van der Waals surface area contributed by atoms with Gasteiger partial charge in [-0.1, -0.05) is 72.8 Å². The van der Waals surface area contributed by atoms with Gasteiger partial charge < -0.3 is 24.3 Å². The van der Waals surface area contributed by atoms with E-state index in [-0.39, 0.29) is 29.1 Å². The van der Waals surface area contributed by atoms with Gasteiger partial charge in [-0.05, 0) is 54.6 Å². The first kappa shape index (κ1) is 32.5. The molecule has 1 saturated heterocycles. The third-order valence-corrected chi connectivity index (χ3v) is 7.56. The monoisotopic (exact) mass is 659 g/mol. The number of benzene rings is 4. The Morgan fingerprint density at radius 2 is 1.06 bits per heavy atom. The Morgan fingerprint density at radius 1 is 0.612 bits per heavy atom. The number of carbonyl (C=O) groups excluding carboxylic acids is 4. The predicted molar refractivity (Wildman–Crippen MR) is 175 cm³/mol. The summed E-state index contributed by atoms with van der Waals surface area (Å²) in [6.45, 7) is -0.353. The first-order valence-corrected chi connectivity index (χ1v) is 15.2. The number of amides is 1. The highest BCUT2D eigenvalue weighted by molar-refractivity contribution is 6.03. The zero-order valence-corrected chi connectivity index (χ0v) is 25.8. The van der Waals surface area contributed by atoms with Crippen LogP contribution in [0.25, 0.3) is 0 Å². The van der Waals surface area contributed by atoms with Crippen LogP contribution in [0.4, 0.5) is 5.82 Å². The minimum Gasteiger partial charge on any atom is -0.452 e. The summed E-state index contributed by atoms with van der Waals surface area (Å²) in [6, 6.07) is 34.0. The number of hydrogen-bond donors (Lipinski definition) is 1. The molecule has 0 saturated carbocycles. The summed E-state index contributed by atoms with van der Waals surface area (Å²) in [4.78, 5) is 70.2. The Labute approximate surface area is 279 Å². The van der Waals surface area contributed by atoms with E-state index < -0.39 is 54.0 Å². The van der Waals surface area contributed by atoms with E-state index in [1.54, 1.807) is 97.1 Å². The highest BCUT2D eigenvalue weighted by Gasteiger charge is 2.49. The molecule has 4 atom stereocenters. The molecule has 12 nitrogen and oxygen atoms in total. The Bertz CT molecular complexity index is 1990. The van der Waals surface area contributed by atoms with Gasteiger partial charge in [0.2, 0.25) is 0 Å². The Morgan fingerprint density at radius 3 is 1.55 bits per heavy atom. The zero-order chi connectivity index (χ0) is 34.2.